The van der Waals surface area contributed by atoms with Crippen LogP contribution in [0, 0.1) is 0 Å². The average Bonchev–Trinajstić information content (AvgIpc) is 2.77. The highest BCUT2D eigenvalue weighted by Gasteiger charge is 2.27. The minimum Gasteiger partial charge on any atom is -0.460 e. The van der Waals surface area contributed by atoms with E-state index >= 15 is 0 Å². The average molecular weight is 375 g/mol. The number of rotatable bonds is 8. The number of aromatic nitrogens is 2. The van der Waals surface area contributed by atoms with Gasteiger partial charge >= 0.3 is 5.97 Å². The molecule has 3 aromatic rings. The molecule has 2 unspecified atom stereocenters. The number of hydrogen-bond acceptors (Lipinski definition) is 5. The first-order chi connectivity index (χ1) is 13.6. The molecule has 144 valence electrons. The zero-order valence-electron chi connectivity index (χ0n) is 16.2. The van der Waals surface area contributed by atoms with E-state index in [1.54, 1.807) is 12.4 Å². The predicted molar refractivity (Wildman–Crippen MR) is 108 cm³/mol. The van der Waals surface area contributed by atoms with E-state index in [1.807, 2.05) is 80.6 Å². The Morgan fingerprint density at radius 2 is 1.39 bits per heavy atom. The van der Waals surface area contributed by atoms with Crippen molar-refractivity contribution in [1.82, 2.24) is 14.9 Å². The lowest BCUT2D eigenvalue weighted by Crippen LogP contribution is -2.36. The Labute approximate surface area is 166 Å². The van der Waals surface area contributed by atoms with E-state index in [0.29, 0.717) is 0 Å². The summed E-state index contributed by atoms with van der Waals surface area (Å²) >= 11 is 0. The van der Waals surface area contributed by atoms with Gasteiger partial charge in [-0.15, -0.1) is 0 Å². The number of benzene rings is 1. The summed E-state index contributed by atoms with van der Waals surface area (Å²) in [5.41, 5.74) is 2.78. The molecule has 0 aliphatic rings. The van der Waals surface area contributed by atoms with Crippen LogP contribution in [0.1, 0.15) is 42.9 Å². The molecule has 0 aliphatic carbocycles. The maximum absolute atomic E-state index is 12.6. The molecule has 0 saturated heterocycles. The van der Waals surface area contributed by atoms with Crippen LogP contribution in [-0.2, 0) is 16.1 Å². The Balaban J connectivity index is 1.74. The van der Waals surface area contributed by atoms with E-state index in [9.17, 15) is 4.79 Å². The van der Waals surface area contributed by atoms with Crippen LogP contribution in [-0.4, -0.2) is 27.4 Å². The quantitative estimate of drug-likeness (QED) is 0.548. The zero-order valence-corrected chi connectivity index (χ0v) is 16.2. The van der Waals surface area contributed by atoms with Gasteiger partial charge in [0.05, 0.1) is 30.0 Å². The van der Waals surface area contributed by atoms with Gasteiger partial charge in [0.15, 0.2) is 0 Å². The van der Waals surface area contributed by atoms with Crippen molar-refractivity contribution in [3.8, 4) is 0 Å². The van der Waals surface area contributed by atoms with Crippen molar-refractivity contribution in [3.63, 3.8) is 0 Å². The van der Waals surface area contributed by atoms with Crippen molar-refractivity contribution >= 4 is 5.97 Å². The Kier molecular flexibility index (Phi) is 6.87. The molecule has 2 atom stereocenters. The minimum absolute atomic E-state index is 0.0671. The molecule has 0 fully saturated rings. The number of carbonyl (C=O) groups is 1. The number of ether oxygens (including phenoxy) is 1. The Hall–Kier alpha value is -3.05. The molecule has 0 spiro atoms. The molecule has 3 rings (SSSR count). The summed E-state index contributed by atoms with van der Waals surface area (Å²) in [6.07, 6.45) is 3.53. The fourth-order valence-electron chi connectivity index (χ4n) is 3.13. The maximum atomic E-state index is 12.6. The standard InChI is InChI=1S/C23H25N3O2/c1-18(21-12-6-8-14-24-21)26(19(2)22-13-7-9-15-25-22)16-23(27)28-17-20-10-4-3-5-11-20/h3-15,18-19H,16-17H2,1-2H3. The third kappa shape index (κ3) is 5.24. The normalized spacial score (nSPS) is 13.1. The molecule has 0 saturated carbocycles. The number of nitrogens with zero attached hydrogens (tertiary/aromatic N) is 3. The van der Waals surface area contributed by atoms with Gasteiger partial charge in [-0.3, -0.25) is 19.7 Å². The highest BCUT2D eigenvalue weighted by atomic mass is 16.5. The SMILES string of the molecule is CC(c1ccccn1)N(CC(=O)OCc1ccccc1)C(C)c1ccccn1. The van der Waals surface area contributed by atoms with Gasteiger partial charge in [-0.2, -0.15) is 0 Å². The Morgan fingerprint density at radius 1 is 0.857 bits per heavy atom. The van der Waals surface area contributed by atoms with Crippen molar-refractivity contribution in [2.75, 3.05) is 6.54 Å². The molecule has 5 nitrogen and oxygen atoms in total. The van der Waals surface area contributed by atoms with E-state index in [1.165, 1.54) is 0 Å². The molecule has 2 heterocycles. The predicted octanol–water partition coefficient (Wildman–Crippen LogP) is 4.34. The van der Waals surface area contributed by atoms with Gasteiger partial charge < -0.3 is 4.74 Å². The third-order valence-corrected chi connectivity index (χ3v) is 4.78. The number of pyridine rings is 2. The summed E-state index contributed by atoms with van der Waals surface area (Å²) in [5.74, 6) is -0.269. The van der Waals surface area contributed by atoms with Crippen LogP contribution in [0.3, 0.4) is 0 Å². The van der Waals surface area contributed by atoms with Crippen LogP contribution in [0.5, 0.6) is 0 Å². The fourth-order valence-corrected chi connectivity index (χ4v) is 3.13. The maximum Gasteiger partial charge on any atom is 0.320 e. The van der Waals surface area contributed by atoms with Crippen molar-refractivity contribution < 1.29 is 9.53 Å². The molecular formula is C23H25N3O2. The molecule has 0 N–H and O–H groups in total. The van der Waals surface area contributed by atoms with Gasteiger partial charge in [0.25, 0.3) is 0 Å². The number of hydrogen-bond donors (Lipinski definition) is 0. The monoisotopic (exact) mass is 375 g/mol. The molecule has 0 bridgehead atoms. The van der Waals surface area contributed by atoms with Gasteiger partial charge in [0.1, 0.15) is 6.61 Å². The van der Waals surface area contributed by atoms with Crippen LogP contribution in [0.15, 0.2) is 79.1 Å². The summed E-state index contributed by atoms with van der Waals surface area (Å²) in [6, 6.07) is 21.2. The molecule has 5 heteroatoms. The van der Waals surface area contributed by atoms with Gasteiger partial charge in [0, 0.05) is 12.4 Å². The van der Waals surface area contributed by atoms with E-state index < -0.39 is 0 Å². The first-order valence-corrected chi connectivity index (χ1v) is 9.42. The lowest BCUT2D eigenvalue weighted by molar-refractivity contribution is -0.147. The minimum atomic E-state index is -0.269. The molecular weight excluding hydrogens is 350 g/mol. The topological polar surface area (TPSA) is 55.3 Å². The molecule has 2 aromatic heterocycles. The lowest BCUT2D eigenvalue weighted by Gasteiger charge is -2.33. The second-order valence-electron chi connectivity index (χ2n) is 6.68. The van der Waals surface area contributed by atoms with Gasteiger partial charge in [0.2, 0.25) is 0 Å². The van der Waals surface area contributed by atoms with Crippen molar-refractivity contribution in [3.05, 3.63) is 96.1 Å². The molecule has 0 amide bonds. The van der Waals surface area contributed by atoms with Crippen LogP contribution in [0.2, 0.25) is 0 Å². The summed E-state index contributed by atoms with van der Waals surface area (Å²) in [5, 5.41) is 0. The Bertz CT molecular complexity index is 811. The molecule has 0 aliphatic heterocycles. The number of esters is 1. The van der Waals surface area contributed by atoms with Gasteiger partial charge in [-0.25, -0.2) is 0 Å². The summed E-state index contributed by atoms with van der Waals surface area (Å²) in [6.45, 7) is 4.52. The first-order valence-electron chi connectivity index (χ1n) is 9.42. The third-order valence-electron chi connectivity index (χ3n) is 4.78. The molecule has 28 heavy (non-hydrogen) atoms. The highest BCUT2D eigenvalue weighted by Crippen LogP contribution is 2.28. The van der Waals surface area contributed by atoms with E-state index in [4.69, 9.17) is 4.74 Å². The summed E-state index contributed by atoms with van der Waals surface area (Å²) in [7, 11) is 0. The fraction of sp³-hybridized carbons (Fsp3) is 0.261. The highest BCUT2D eigenvalue weighted by molar-refractivity contribution is 5.71. The van der Waals surface area contributed by atoms with Crippen LogP contribution < -0.4 is 0 Å². The Morgan fingerprint density at radius 3 is 1.89 bits per heavy atom. The first kappa shape index (κ1) is 19.7. The van der Waals surface area contributed by atoms with Crippen LogP contribution >= 0.6 is 0 Å². The summed E-state index contributed by atoms with van der Waals surface area (Å²) in [4.78, 5) is 23.6. The second-order valence-corrected chi connectivity index (χ2v) is 6.68. The van der Waals surface area contributed by atoms with Crippen molar-refractivity contribution in [1.29, 1.82) is 0 Å². The number of carbonyl (C=O) groups excluding carboxylic acids is 1. The van der Waals surface area contributed by atoms with Crippen LogP contribution in [0.4, 0.5) is 0 Å². The lowest BCUT2D eigenvalue weighted by atomic mass is 10.1. The van der Waals surface area contributed by atoms with Crippen LogP contribution in [0.25, 0.3) is 0 Å². The van der Waals surface area contributed by atoms with E-state index in [-0.39, 0.29) is 31.2 Å². The van der Waals surface area contributed by atoms with Crippen molar-refractivity contribution in [2.45, 2.75) is 32.5 Å². The molecule has 1 aromatic carbocycles. The van der Waals surface area contributed by atoms with Gasteiger partial charge in [-0.05, 0) is 43.7 Å². The molecule has 0 radical (unpaired) electrons. The van der Waals surface area contributed by atoms with E-state index in [2.05, 4.69) is 14.9 Å². The van der Waals surface area contributed by atoms with E-state index in [0.717, 1.165) is 17.0 Å². The van der Waals surface area contributed by atoms with Crippen molar-refractivity contribution in [2.24, 2.45) is 0 Å². The second kappa shape index (κ2) is 9.76. The zero-order chi connectivity index (χ0) is 19.8. The smallest absolute Gasteiger partial charge is 0.320 e. The summed E-state index contributed by atoms with van der Waals surface area (Å²) < 4.78 is 5.51. The van der Waals surface area contributed by atoms with Gasteiger partial charge in [-0.1, -0.05) is 42.5 Å². The largest absolute Gasteiger partial charge is 0.460 e.